The molecule has 0 aromatic heterocycles. The van der Waals surface area contributed by atoms with Crippen LogP contribution in [0.4, 0.5) is 0 Å². The Morgan fingerprint density at radius 3 is 2.35 bits per heavy atom. The molecule has 124 valence electrons. The minimum atomic E-state index is -3.36. The number of hydrogen-bond acceptors (Lipinski definition) is 3. The number of benzene rings is 2. The normalized spacial score (nSPS) is 13.2. The Kier molecular flexibility index (Phi) is 5.93. The van der Waals surface area contributed by atoms with Gasteiger partial charge in [-0.15, -0.1) is 0 Å². The van der Waals surface area contributed by atoms with Gasteiger partial charge in [0.15, 0.2) is 0 Å². The summed E-state index contributed by atoms with van der Waals surface area (Å²) < 4.78 is 27.4. The SMILES string of the molecule is Cc1cccc(CS(=O)(=O)NC[C@@H](c2ccccc2)N(C)C)c1. The molecule has 1 atom stereocenters. The number of hydrogen-bond donors (Lipinski definition) is 1. The largest absolute Gasteiger partial charge is 0.301 e. The van der Waals surface area contributed by atoms with E-state index in [9.17, 15) is 8.42 Å². The lowest BCUT2D eigenvalue weighted by molar-refractivity contribution is 0.299. The van der Waals surface area contributed by atoms with Gasteiger partial charge in [0.1, 0.15) is 0 Å². The second-order valence-electron chi connectivity index (χ2n) is 5.99. The highest BCUT2D eigenvalue weighted by Gasteiger charge is 2.18. The molecule has 0 unspecified atom stereocenters. The van der Waals surface area contributed by atoms with E-state index in [4.69, 9.17) is 0 Å². The predicted octanol–water partition coefficient (Wildman–Crippen LogP) is 2.72. The van der Waals surface area contributed by atoms with E-state index in [-0.39, 0.29) is 11.8 Å². The second kappa shape index (κ2) is 7.73. The van der Waals surface area contributed by atoms with Crippen LogP contribution in [0.15, 0.2) is 54.6 Å². The zero-order valence-electron chi connectivity index (χ0n) is 13.9. The van der Waals surface area contributed by atoms with Gasteiger partial charge in [0.05, 0.1) is 5.75 Å². The van der Waals surface area contributed by atoms with Gasteiger partial charge in [-0.2, -0.15) is 0 Å². The van der Waals surface area contributed by atoms with E-state index in [0.29, 0.717) is 6.54 Å². The van der Waals surface area contributed by atoms with Crippen LogP contribution >= 0.6 is 0 Å². The average Bonchev–Trinajstić information content (AvgIpc) is 2.47. The number of rotatable bonds is 7. The number of aryl methyl sites for hydroxylation is 1. The van der Waals surface area contributed by atoms with Crippen molar-refractivity contribution in [3.63, 3.8) is 0 Å². The molecule has 2 aromatic rings. The van der Waals surface area contributed by atoms with Crippen molar-refractivity contribution in [3.8, 4) is 0 Å². The summed E-state index contributed by atoms with van der Waals surface area (Å²) in [5, 5.41) is 0. The molecular formula is C18H24N2O2S. The average molecular weight is 332 g/mol. The molecule has 5 heteroatoms. The summed E-state index contributed by atoms with van der Waals surface area (Å²) in [6.45, 7) is 2.31. The molecule has 0 bridgehead atoms. The van der Waals surface area contributed by atoms with Crippen molar-refractivity contribution in [1.82, 2.24) is 9.62 Å². The Morgan fingerprint density at radius 2 is 1.74 bits per heavy atom. The van der Waals surface area contributed by atoms with Gasteiger partial charge in [-0.05, 0) is 32.1 Å². The lowest BCUT2D eigenvalue weighted by Gasteiger charge is -2.25. The fourth-order valence-electron chi connectivity index (χ4n) is 2.55. The van der Waals surface area contributed by atoms with Crippen molar-refractivity contribution in [2.75, 3.05) is 20.6 Å². The van der Waals surface area contributed by atoms with Crippen LogP contribution in [0.2, 0.25) is 0 Å². The molecule has 0 amide bonds. The minimum absolute atomic E-state index is 0.00323. The molecule has 0 saturated carbocycles. The quantitative estimate of drug-likeness (QED) is 0.848. The van der Waals surface area contributed by atoms with Gasteiger partial charge in [0.25, 0.3) is 0 Å². The molecule has 23 heavy (non-hydrogen) atoms. The molecule has 0 fully saturated rings. The summed E-state index contributed by atoms with van der Waals surface area (Å²) in [5.74, 6) is 0.00359. The van der Waals surface area contributed by atoms with Gasteiger partial charge >= 0.3 is 0 Å². The first-order valence-corrected chi connectivity index (χ1v) is 9.27. The Morgan fingerprint density at radius 1 is 1.04 bits per heavy atom. The number of likely N-dealkylation sites (N-methyl/N-ethyl adjacent to an activating group) is 1. The molecule has 4 nitrogen and oxygen atoms in total. The molecule has 0 spiro atoms. The fourth-order valence-corrected chi connectivity index (χ4v) is 3.68. The Bertz CT molecular complexity index is 728. The van der Waals surface area contributed by atoms with E-state index in [0.717, 1.165) is 16.7 Å². The highest BCUT2D eigenvalue weighted by Crippen LogP contribution is 2.17. The summed E-state index contributed by atoms with van der Waals surface area (Å²) in [5.41, 5.74) is 2.96. The minimum Gasteiger partial charge on any atom is -0.301 e. The Hall–Kier alpha value is -1.69. The molecule has 1 N–H and O–H groups in total. The van der Waals surface area contributed by atoms with Crippen LogP contribution in [-0.2, 0) is 15.8 Å². The first-order valence-electron chi connectivity index (χ1n) is 7.61. The van der Waals surface area contributed by atoms with Crippen LogP contribution in [0, 0.1) is 6.92 Å². The van der Waals surface area contributed by atoms with Crippen LogP contribution in [0.3, 0.4) is 0 Å². The summed E-state index contributed by atoms with van der Waals surface area (Å²) in [4.78, 5) is 2.02. The number of nitrogens with one attached hydrogen (secondary N) is 1. The first-order chi connectivity index (χ1) is 10.9. The zero-order valence-corrected chi connectivity index (χ0v) is 14.7. The summed E-state index contributed by atoms with van der Waals surface area (Å²) >= 11 is 0. The van der Waals surface area contributed by atoms with E-state index in [1.54, 1.807) is 0 Å². The van der Waals surface area contributed by atoms with Crippen LogP contribution in [0.1, 0.15) is 22.7 Å². The third kappa shape index (κ3) is 5.46. The molecule has 2 rings (SSSR count). The van der Waals surface area contributed by atoms with Crippen LogP contribution in [0.5, 0.6) is 0 Å². The Labute approximate surface area is 139 Å². The van der Waals surface area contributed by atoms with Crippen molar-refractivity contribution < 1.29 is 8.42 Å². The van der Waals surface area contributed by atoms with Crippen molar-refractivity contribution in [3.05, 3.63) is 71.3 Å². The maximum atomic E-state index is 12.3. The monoisotopic (exact) mass is 332 g/mol. The maximum Gasteiger partial charge on any atom is 0.215 e. The number of sulfonamides is 1. The summed E-state index contributed by atoms with van der Waals surface area (Å²) in [6, 6.07) is 17.5. The lowest BCUT2D eigenvalue weighted by Crippen LogP contribution is -2.35. The van der Waals surface area contributed by atoms with Crippen LogP contribution in [0.25, 0.3) is 0 Å². The molecule has 0 saturated heterocycles. The maximum absolute atomic E-state index is 12.3. The lowest BCUT2D eigenvalue weighted by atomic mass is 10.1. The van der Waals surface area contributed by atoms with Gasteiger partial charge in [-0.3, -0.25) is 0 Å². The predicted molar refractivity (Wildman–Crippen MR) is 94.7 cm³/mol. The second-order valence-corrected chi connectivity index (χ2v) is 7.79. The van der Waals surface area contributed by atoms with Crippen molar-refractivity contribution >= 4 is 10.0 Å². The zero-order chi connectivity index (χ0) is 16.9. The van der Waals surface area contributed by atoms with E-state index >= 15 is 0 Å². The molecule has 0 aliphatic rings. The highest BCUT2D eigenvalue weighted by molar-refractivity contribution is 7.88. The van der Waals surface area contributed by atoms with E-state index in [1.807, 2.05) is 80.5 Å². The number of nitrogens with zero attached hydrogens (tertiary/aromatic N) is 1. The highest BCUT2D eigenvalue weighted by atomic mass is 32.2. The van der Waals surface area contributed by atoms with Gasteiger partial charge in [-0.25, -0.2) is 13.1 Å². The standard InChI is InChI=1S/C18H24N2O2S/c1-15-8-7-9-16(12-15)14-23(21,22)19-13-18(20(2)3)17-10-5-4-6-11-17/h4-12,18-19H,13-14H2,1-3H3/t18-/m0/s1. The van der Waals surface area contributed by atoms with Gasteiger partial charge in [-0.1, -0.05) is 60.2 Å². The molecule has 0 aliphatic heterocycles. The molecule has 0 radical (unpaired) electrons. The van der Waals surface area contributed by atoms with Crippen molar-refractivity contribution in [2.24, 2.45) is 0 Å². The molecular weight excluding hydrogens is 308 g/mol. The molecule has 0 aliphatic carbocycles. The van der Waals surface area contributed by atoms with Crippen molar-refractivity contribution in [2.45, 2.75) is 18.7 Å². The van der Waals surface area contributed by atoms with Crippen molar-refractivity contribution in [1.29, 1.82) is 0 Å². The fraction of sp³-hybridized carbons (Fsp3) is 0.333. The molecule has 0 heterocycles. The van der Waals surface area contributed by atoms with E-state index in [1.165, 1.54) is 0 Å². The van der Waals surface area contributed by atoms with Gasteiger partial charge < -0.3 is 4.90 Å². The topological polar surface area (TPSA) is 49.4 Å². The molecule has 2 aromatic carbocycles. The summed E-state index contributed by atoms with van der Waals surface area (Å²) in [7, 11) is 0.537. The van der Waals surface area contributed by atoms with Gasteiger partial charge in [0, 0.05) is 12.6 Å². The Balaban J connectivity index is 2.05. The van der Waals surface area contributed by atoms with E-state index in [2.05, 4.69) is 4.72 Å². The van der Waals surface area contributed by atoms with Gasteiger partial charge in [0.2, 0.25) is 10.0 Å². The summed E-state index contributed by atoms with van der Waals surface area (Å²) in [6.07, 6.45) is 0. The third-order valence-electron chi connectivity index (χ3n) is 3.74. The van der Waals surface area contributed by atoms with Crippen LogP contribution in [-0.4, -0.2) is 34.0 Å². The van der Waals surface area contributed by atoms with Crippen LogP contribution < -0.4 is 4.72 Å². The smallest absolute Gasteiger partial charge is 0.215 e. The third-order valence-corrected chi connectivity index (χ3v) is 5.06. The first kappa shape index (κ1) is 17.7. The van der Waals surface area contributed by atoms with E-state index < -0.39 is 10.0 Å².